The standard InChI is InChI=1S/C25H29N3O2/c1-2-8-24(9-3-1)30-25-10-4-6-22(18-25)20-28(21-23-7-5-11-26-19-23)13-12-27-14-16-29-17-15-27/h1-11,18-19H,12-17,20-21H2. The summed E-state index contributed by atoms with van der Waals surface area (Å²) in [5.74, 6) is 1.72. The Morgan fingerprint density at radius 1 is 0.867 bits per heavy atom. The van der Waals surface area contributed by atoms with Crippen LogP contribution >= 0.6 is 0 Å². The van der Waals surface area contributed by atoms with Gasteiger partial charge < -0.3 is 9.47 Å². The molecule has 0 amide bonds. The second-order valence-electron chi connectivity index (χ2n) is 7.59. The molecule has 2 aromatic carbocycles. The second kappa shape index (κ2) is 10.9. The largest absolute Gasteiger partial charge is 0.457 e. The van der Waals surface area contributed by atoms with Gasteiger partial charge in [0.15, 0.2) is 0 Å². The van der Waals surface area contributed by atoms with Crippen LogP contribution in [0.1, 0.15) is 11.1 Å². The first-order chi connectivity index (χ1) is 14.8. The summed E-state index contributed by atoms with van der Waals surface area (Å²) < 4.78 is 11.5. The molecule has 1 aliphatic rings. The molecule has 0 spiro atoms. The SMILES string of the molecule is c1ccc(Oc2cccc(CN(CCN3CCOCC3)Cc3cccnc3)c2)cc1. The lowest BCUT2D eigenvalue weighted by molar-refractivity contribution is 0.0325. The van der Waals surface area contributed by atoms with E-state index in [9.17, 15) is 0 Å². The first-order valence-electron chi connectivity index (χ1n) is 10.6. The maximum atomic E-state index is 6.02. The number of rotatable bonds is 9. The van der Waals surface area contributed by atoms with E-state index in [0.29, 0.717) is 0 Å². The van der Waals surface area contributed by atoms with Gasteiger partial charge in [0, 0.05) is 51.7 Å². The molecular weight excluding hydrogens is 374 g/mol. The van der Waals surface area contributed by atoms with Crippen LogP contribution in [0, 0.1) is 0 Å². The highest BCUT2D eigenvalue weighted by molar-refractivity contribution is 5.33. The van der Waals surface area contributed by atoms with Crippen LogP contribution in [0.15, 0.2) is 79.1 Å². The van der Waals surface area contributed by atoms with Gasteiger partial charge in [-0.2, -0.15) is 0 Å². The number of hydrogen-bond acceptors (Lipinski definition) is 5. The minimum atomic E-state index is 0.835. The lowest BCUT2D eigenvalue weighted by Gasteiger charge is -2.30. The zero-order chi connectivity index (χ0) is 20.4. The number of nitrogens with zero attached hydrogens (tertiary/aromatic N) is 3. The van der Waals surface area contributed by atoms with Crippen LogP contribution in [-0.4, -0.2) is 54.2 Å². The van der Waals surface area contributed by atoms with Crippen molar-refractivity contribution >= 4 is 0 Å². The number of hydrogen-bond donors (Lipinski definition) is 0. The lowest BCUT2D eigenvalue weighted by Crippen LogP contribution is -2.41. The molecule has 156 valence electrons. The second-order valence-corrected chi connectivity index (χ2v) is 7.59. The molecule has 5 heteroatoms. The van der Waals surface area contributed by atoms with Crippen LogP contribution in [0.5, 0.6) is 11.5 Å². The third-order valence-corrected chi connectivity index (χ3v) is 5.25. The summed E-state index contributed by atoms with van der Waals surface area (Å²) in [5.41, 5.74) is 2.48. The Kier molecular flexibility index (Phi) is 7.45. The van der Waals surface area contributed by atoms with Gasteiger partial charge in [-0.3, -0.25) is 14.8 Å². The van der Waals surface area contributed by atoms with Crippen LogP contribution in [0.4, 0.5) is 0 Å². The van der Waals surface area contributed by atoms with Crippen LogP contribution in [0.3, 0.4) is 0 Å². The minimum absolute atomic E-state index is 0.835. The van der Waals surface area contributed by atoms with Crippen LogP contribution in [-0.2, 0) is 17.8 Å². The smallest absolute Gasteiger partial charge is 0.127 e. The molecule has 3 aromatic rings. The number of para-hydroxylation sites is 1. The third-order valence-electron chi connectivity index (χ3n) is 5.25. The minimum Gasteiger partial charge on any atom is -0.457 e. The molecule has 1 fully saturated rings. The number of benzene rings is 2. The van der Waals surface area contributed by atoms with Gasteiger partial charge in [0.2, 0.25) is 0 Å². The Hall–Kier alpha value is -2.73. The lowest BCUT2D eigenvalue weighted by atomic mass is 10.1. The van der Waals surface area contributed by atoms with Gasteiger partial charge in [-0.15, -0.1) is 0 Å². The molecule has 0 radical (unpaired) electrons. The first-order valence-corrected chi connectivity index (χ1v) is 10.6. The quantitative estimate of drug-likeness (QED) is 0.535. The Morgan fingerprint density at radius 2 is 1.63 bits per heavy atom. The number of morpholine rings is 1. The third kappa shape index (κ3) is 6.39. The van der Waals surface area contributed by atoms with Crippen molar-refractivity contribution in [3.63, 3.8) is 0 Å². The molecule has 1 saturated heterocycles. The van der Waals surface area contributed by atoms with E-state index in [2.05, 4.69) is 39.0 Å². The number of pyridine rings is 1. The fraction of sp³-hybridized carbons (Fsp3) is 0.320. The molecule has 0 atom stereocenters. The van der Waals surface area contributed by atoms with Crippen LogP contribution in [0.2, 0.25) is 0 Å². The van der Waals surface area contributed by atoms with E-state index in [1.807, 2.05) is 54.9 Å². The first kappa shape index (κ1) is 20.5. The highest BCUT2D eigenvalue weighted by atomic mass is 16.5. The van der Waals surface area contributed by atoms with Crippen molar-refractivity contribution in [2.75, 3.05) is 39.4 Å². The predicted molar refractivity (Wildman–Crippen MR) is 119 cm³/mol. The van der Waals surface area contributed by atoms with Crippen molar-refractivity contribution in [3.05, 3.63) is 90.3 Å². The summed E-state index contributed by atoms with van der Waals surface area (Å²) in [5, 5.41) is 0. The average Bonchev–Trinajstić information content (AvgIpc) is 2.80. The zero-order valence-corrected chi connectivity index (χ0v) is 17.3. The molecule has 2 heterocycles. The molecule has 0 saturated carbocycles. The van der Waals surface area contributed by atoms with Gasteiger partial charge in [-0.1, -0.05) is 36.4 Å². The van der Waals surface area contributed by atoms with Gasteiger partial charge in [-0.05, 0) is 41.5 Å². The Labute approximate surface area is 178 Å². The Bertz CT molecular complexity index is 883. The normalized spacial score (nSPS) is 14.7. The number of aromatic nitrogens is 1. The molecule has 0 aliphatic carbocycles. The fourth-order valence-electron chi connectivity index (χ4n) is 3.66. The molecule has 1 aliphatic heterocycles. The van der Waals surface area contributed by atoms with E-state index in [0.717, 1.165) is 64.0 Å². The molecule has 0 unspecified atom stereocenters. The molecule has 4 rings (SSSR count). The van der Waals surface area contributed by atoms with E-state index in [1.54, 1.807) is 0 Å². The van der Waals surface area contributed by atoms with Crippen LogP contribution < -0.4 is 4.74 Å². The fourth-order valence-corrected chi connectivity index (χ4v) is 3.66. The maximum Gasteiger partial charge on any atom is 0.127 e. The molecule has 30 heavy (non-hydrogen) atoms. The highest BCUT2D eigenvalue weighted by Gasteiger charge is 2.14. The van der Waals surface area contributed by atoms with Gasteiger partial charge >= 0.3 is 0 Å². The summed E-state index contributed by atoms with van der Waals surface area (Å²) >= 11 is 0. The van der Waals surface area contributed by atoms with E-state index in [4.69, 9.17) is 9.47 Å². The van der Waals surface area contributed by atoms with Crippen molar-refractivity contribution in [3.8, 4) is 11.5 Å². The van der Waals surface area contributed by atoms with Crippen LogP contribution in [0.25, 0.3) is 0 Å². The van der Waals surface area contributed by atoms with E-state index < -0.39 is 0 Å². The molecule has 0 N–H and O–H groups in total. The van der Waals surface area contributed by atoms with Crippen molar-refractivity contribution < 1.29 is 9.47 Å². The molecular formula is C25H29N3O2. The topological polar surface area (TPSA) is 37.8 Å². The van der Waals surface area contributed by atoms with Gasteiger partial charge in [-0.25, -0.2) is 0 Å². The maximum absolute atomic E-state index is 6.02. The summed E-state index contributed by atoms with van der Waals surface area (Å²) in [6, 6.07) is 22.4. The highest BCUT2D eigenvalue weighted by Crippen LogP contribution is 2.22. The Balaban J connectivity index is 1.42. The summed E-state index contributed by atoms with van der Waals surface area (Å²) in [7, 11) is 0. The summed E-state index contributed by atoms with van der Waals surface area (Å²) in [6.45, 7) is 7.49. The van der Waals surface area contributed by atoms with Crippen molar-refractivity contribution in [1.29, 1.82) is 0 Å². The zero-order valence-electron chi connectivity index (χ0n) is 17.3. The van der Waals surface area contributed by atoms with E-state index in [-0.39, 0.29) is 0 Å². The van der Waals surface area contributed by atoms with Crippen molar-refractivity contribution in [2.24, 2.45) is 0 Å². The summed E-state index contributed by atoms with van der Waals surface area (Å²) in [6.07, 6.45) is 3.78. The van der Waals surface area contributed by atoms with Crippen molar-refractivity contribution in [1.82, 2.24) is 14.8 Å². The van der Waals surface area contributed by atoms with Gasteiger partial charge in [0.25, 0.3) is 0 Å². The molecule has 1 aromatic heterocycles. The molecule has 0 bridgehead atoms. The van der Waals surface area contributed by atoms with Crippen molar-refractivity contribution in [2.45, 2.75) is 13.1 Å². The number of ether oxygens (including phenoxy) is 2. The van der Waals surface area contributed by atoms with E-state index >= 15 is 0 Å². The molecule has 5 nitrogen and oxygen atoms in total. The predicted octanol–water partition coefficient (Wildman–Crippen LogP) is 4.21. The summed E-state index contributed by atoms with van der Waals surface area (Å²) in [4.78, 5) is 9.24. The van der Waals surface area contributed by atoms with E-state index in [1.165, 1.54) is 11.1 Å². The average molecular weight is 404 g/mol. The monoisotopic (exact) mass is 403 g/mol. The van der Waals surface area contributed by atoms with Gasteiger partial charge in [0.05, 0.1) is 13.2 Å². The Morgan fingerprint density at radius 3 is 2.43 bits per heavy atom. The van der Waals surface area contributed by atoms with Gasteiger partial charge in [0.1, 0.15) is 11.5 Å².